The molecule has 0 fully saturated rings. The number of hydrogen-bond donors (Lipinski definition) is 1. The van der Waals surface area contributed by atoms with Crippen LogP contribution in [0.3, 0.4) is 0 Å². The first kappa shape index (κ1) is 18.0. The molecule has 0 bridgehead atoms. The third-order valence-electron chi connectivity index (χ3n) is 5.23. The summed E-state index contributed by atoms with van der Waals surface area (Å²) in [6.45, 7) is 2.48. The molecule has 4 heteroatoms. The van der Waals surface area contributed by atoms with Crippen LogP contribution < -0.4 is 10.2 Å². The maximum atomic E-state index is 13.2. The van der Waals surface area contributed by atoms with Gasteiger partial charge in [0.15, 0.2) is 0 Å². The molecule has 1 heterocycles. The lowest BCUT2D eigenvalue weighted by Crippen LogP contribution is -2.48. The van der Waals surface area contributed by atoms with Crippen molar-refractivity contribution in [2.75, 3.05) is 4.90 Å². The minimum absolute atomic E-state index is 0.135. The topological polar surface area (TPSA) is 49.4 Å². The molecule has 1 aliphatic rings. The Balaban J connectivity index is 1.59. The van der Waals surface area contributed by atoms with Gasteiger partial charge in [0.2, 0.25) is 5.91 Å². The smallest absolute Gasteiger partial charge is 0.259 e. The normalized spacial score (nSPS) is 15.2. The molecule has 0 aromatic heterocycles. The minimum atomic E-state index is -0.547. The van der Waals surface area contributed by atoms with Crippen molar-refractivity contribution in [1.29, 1.82) is 0 Å². The molecule has 4 nitrogen and oxygen atoms in total. The molecule has 1 atom stereocenters. The lowest BCUT2D eigenvalue weighted by molar-refractivity contribution is -0.122. The zero-order chi connectivity index (χ0) is 19.5. The van der Waals surface area contributed by atoms with Crippen molar-refractivity contribution in [3.05, 3.63) is 101 Å². The second kappa shape index (κ2) is 7.69. The number of carbonyl (C=O) groups excluding carboxylic acids is 2. The summed E-state index contributed by atoms with van der Waals surface area (Å²) in [5, 5.41) is 3.02. The van der Waals surface area contributed by atoms with Gasteiger partial charge in [0.25, 0.3) is 5.91 Å². The number of amides is 2. The number of para-hydroxylation sites is 1. The molecule has 28 heavy (non-hydrogen) atoms. The number of hydrogen-bond acceptors (Lipinski definition) is 2. The number of nitrogens with one attached hydrogen (secondary N) is 1. The number of aryl methyl sites for hydroxylation is 1. The molecule has 4 rings (SSSR count). The Morgan fingerprint density at radius 3 is 2.39 bits per heavy atom. The van der Waals surface area contributed by atoms with E-state index >= 15 is 0 Å². The monoisotopic (exact) mass is 370 g/mol. The molecule has 0 spiro atoms. The first-order valence-electron chi connectivity index (χ1n) is 9.44. The van der Waals surface area contributed by atoms with Crippen LogP contribution in [0.5, 0.6) is 0 Å². The van der Waals surface area contributed by atoms with Crippen molar-refractivity contribution in [2.24, 2.45) is 0 Å². The minimum Gasteiger partial charge on any atom is -0.350 e. The van der Waals surface area contributed by atoms with E-state index in [1.54, 1.807) is 17.0 Å². The lowest BCUT2D eigenvalue weighted by Gasteiger charge is -2.25. The van der Waals surface area contributed by atoms with E-state index in [0.717, 1.165) is 22.4 Å². The van der Waals surface area contributed by atoms with Crippen LogP contribution >= 0.6 is 0 Å². The van der Waals surface area contributed by atoms with E-state index in [2.05, 4.69) is 5.32 Å². The summed E-state index contributed by atoms with van der Waals surface area (Å²) < 4.78 is 0. The summed E-state index contributed by atoms with van der Waals surface area (Å²) in [5.41, 5.74) is 4.62. The molecular weight excluding hydrogens is 348 g/mol. The fourth-order valence-electron chi connectivity index (χ4n) is 3.68. The molecule has 3 aromatic rings. The standard InChI is InChI=1S/C24H22N2O2/c1-17-9-5-6-13-20(17)16-25-23(27)22-15-19-12-7-8-14-21(19)26(22)24(28)18-10-3-2-4-11-18/h2-14,22H,15-16H2,1H3,(H,25,27). The first-order valence-corrected chi connectivity index (χ1v) is 9.44. The molecular formula is C24H22N2O2. The molecule has 1 aliphatic heterocycles. The van der Waals surface area contributed by atoms with Gasteiger partial charge < -0.3 is 5.32 Å². The highest BCUT2D eigenvalue weighted by atomic mass is 16.2. The zero-order valence-corrected chi connectivity index (χ0v) is 15.8. The Bertz CT molecular complexity index is 1010. The summed E-state index contributed by atoms with van der Waals surface area (Å²) >= 11 is 0. The zero-order valence-electron chi connectivity index (χ0n) is 15.8. The lowest BCUT2D eigenvalue weighted by atomic mass is 10.1. The average Bonchev–Trinajstić information content (AvgIpc) is 3.13. The Morgan fingerprint density at radius 1 is 0.929 bits per heavy atom. The summed E-state index contributed by atoms with van der Waals surface area (Å²) in [5.74, 6) is -0.287. The highest BCUT2D eigenvalue weighted by Crippen LogP contribution is 2.33. The van der Waals surface area contributed by atoms with Gasteiger partial charge in [-0.15, -0.1) is 0 Å². The van der Waals surface area contributed by atoms with E-state index in [9.17, 15) is 9.59 Å². The second-order valence-electron chi connectivity index (χ2n) is 7.03. The first-order chi connectivity index (χ1) is 13.6. The van der Waals surface area contributed by atoms with Crippen molar-refractivity contribution in [3.63, 3.8) is 0 Å². The van der Waals surface area contributed by atoms with Crippen molar-refractivity contribution in [2.45, 2.75) is 25.9 Å². The molecule has 0 aliphatic carbocycles. The van der Waals surface area contributed by atoms with Crippen LogP contribution in [0.15, 0.2) is 78.9 Å². The van der Waals surface area contributed by atoms with Crippen molar-refractivity contribution in [1.82, 2.24) is 5.32 Å². The van der Waals surface area contributed by atoms with Gasteiger partial charge in [0, 0.05) is 24.2 Å². The summed E-state index contributed by atoms with van der Waals surface area (Å²) in [4.78, 5) is 27.9. The molecule has 0 saturated heterocycles. The number of rotatable bonds is 4. The molecule has 2 amide bonds. The predicted octanol–water partition coefficient (Wildman–Crippen LogP) is 3.88. The van der Waals surface area contributed by atoms with Crippen LogP contribution in [0.4, 0.5) is 5.69 Å². The summed E-state index contributed by atoms with van der Waals surface area (Å²) in [6, 6.07) is 24.3. The summed E-state index contributed by atoms with van der Waals surface area (Å²) in [6.07, 6.45) is 0.522. The van der Waals surface area contributed by atoms with E-state index in [1.807, 2.05) is 73.7 Å². The Labute approximate surface area is 164 Å². The largest absolute Gasteiger partial charge is 0.350 e. The van der Waals surface area contributed by atoms with E-state index in [0.29, 0.717) is 18.5 Å². The predicted molar refractivity (Wildman–Crippen MR) is 110 cm³/mol. The van der Waals surface area contributed by atoms with Gasteiger partial charge in [0.05, 0.1) is 0 Å². The van der Waals surface area contributed by atoms with Crippen molar-refractivity contribution in [3.8, 4) is 0 Å². The van der Waals surface area contributed by atoms with Gasteiger partial charge in [-0.2, -0.15) is 0 Å². The van der Waals surface area contributed by atoms with Crippen LogP contribution in [0, 0.1) is 6.92 Å². The number of benzene rings is 3. The van der Waals surface area contributed by atoms with E-state index in [4.69, 9.17) is 0 Å². The molecule has 0 radical (unpaired) electrons. The van der Waals surface area contributed by atoms with Crippen LogP contribution in [-0.4, -0.2) is 17.9 Å². The third kappa shape index (κ3) is 3.41. The van der Waals surface area contributed by atoms with Crippen LogP contribution in [-0.2, 0) is 17.8 Å². The van der Waals surface area contributed by atoms with Gasteiger partial charge in [-0.1, -0.05) is 60.7 Å². The van der Waals surface area contributed by atoms with Gasteiger partial charge in [-0.3, -0.25) is 14.5 Å². The molecule has 1 N–H and O–H groups in total. The maximum Gasteiger partial charge on any atom is 0.259 e. The van der Waals surface area contributed by atoms with Crippen LogP contribution in [0.1, 0.15) is 27.0 Å². The van der Waals surface area contributed by atoms with Gasteiger partial charge in [0.1, 0.15) is 6.04 Å². The highest BCUT2D eigenvalue weighted by Gasteiger charge is 2.38. The quantitative estimate of drug-likeness (QED) is 0.758. The van der Waals surface area contributed by atoms with Gasteiger partial charge >= 0.3 is 0 Å². The van der Waals surface area contributed by atoms with E-state index in [-0.39, 0.29) is 11.8 Å². The maximum absolute atomic E-state index is 13.2. The number of carbonyl (C=O) groups is 2. The Kier molecular flexibility index (Phi) is 4.94. The van der Waals surface area contributed by atoms with E-state index in [1.165, 1.54) is 0 Å². The fourth-order valence-corrected chi connectivity index (χ4v) is 3.68. The van der Waals surface area contributed by atoms with Gasteiger partial charge in [-0.05, 0) is 41.8 Å². The number of nitrogens with zero attached hydrogens (tertiary/aromatic N) is 1. The second-order valence-corrected chi connectivity index (χ2v) is 7.03. The van der Waals surface area contributed by atoms with Crippen LogP contribution in [0.25, 0.3) is 0 Å². The highest BCUT2D eigenvalue weighted by molar-refractivity contribution is 6.11. The summed E-state index contributed by atoms with van der Waals surface area (Å²) in [7, 11) is 0. The molecule has 3 aromatic carbocycles. The number of fused-ring (bicyclic) bond motifs is 1. The van der Waals surface area contributed by atoms with E-state index < -0.39 is 6.04 Å². The van der Waals surface area contributed by atoms with Crippen molar-refractivity contribution < 1.29 is 9.59 Å². The SMILES string of the molecule is Cc1ccccc1CNC(=O)C1Cc2ccccc2N1C(=O)c1ccccc1. The third-order valence-corrected chi connectivity index (χ3v) is 5.23. The molecule has 1 unspecified atom stereocenters. The van der Waals surface area contributed by atoms with Crippen LogP contribution in [0.2, 0.25) is 0 Å². The Morgan fingerprint density at radius 2 is 1.61 bits per heavy atom. The van der Waals surface area contributed by atoms with Gasteiger partial charge in [-0.25, -0.2) is 0 Å². The molecule has 0 saturated carbocycles. The average molecular weight is 370 g/mol. The van der Waals surface area contributed by atoms with Crippen molar-refractivity contribution >= 4 is 17.5 Å². The molecule has 140 valence electrons. The Hall–Kier alpha value is -3.40. The fraction of sp³-hybridized carbons (Fsp3) is 0.167. The number of anilines is 1.